The van der Waals surface area contributed by atoms with Crippen molar-refractivity contribution in [3.05, 3.63) is 22.2 Å². The van der Waals surface area contributed by atoms with Crippen LogP contribution in [0, 0.1) is 10.1 Å². The van der Waals surface area contributed by atoms with Crippen molar-refractivity contribution in [2.45, 2.75) is 25.1 Å². The zero-order chi connectivity index (χ0) is 14.2. The minimum absolute atomic E-state index is 0.0166. The number of hydrogen-bond acceptors (Lipinski definition) is 5. The summed E-state index contributed by atoms with van der Waals surface area (Å²) in [6.07, 6.45) is -3.07. The molecule has 6 nitrogen and oxygen atoms in total. The van der Waals surface area contributed by atoms with Gasteiger partial charge in [-0.1, -0.05) is 0 Å². The van der Waals surface area contributed by atoms with Gasteiger partial charge in [-0.05, 0) is 18.9 Å². The van der Waals surface area contributed by atoms with Gasteiger partial charge >= 0.3 is 11.9 Å². The lowest BCUT2D eigenvalue weighted by Gasteiger charge is -2.24. The van der Waals surface area contributed by atoms with Crippen LogP contribution in [0.4, 0.5) is 30.5 Å². The summed E-state index contributed by atoms with van der Waals surface area (Å²) in [6, 6.07) is 2.04. The summed E-state index contributed by atoms with van der Waals surface area (Å²) in [7, 11) is 0. The first-order valence-electron chi connectivity index (χ1n) is 5.52. The molecule has 1 aromatic heterocycles. The molecular formula is C10H11F3N4O2. The van der Waals surface area contributed by atoms with E-state index in [1.165, 1.54) is 6.07 Å². The average molecular weight is 276 g/mol. The van der Waals surface area contributed by atoms with Crippen molar-refractivity contribution in [3.63, 3.8) is 0 Å². The molecule has 1 fully saturated rings. The fourth-order valence-electron chi connectivity index (χ4n) is 1.75. The van der Waals surface area contributed by atoms with E-state index in [1.807, 2.05) is 0 Å². The third-order valence-corrected chi connectivity index (χ3v) is 2.72. The van der Waals surface area contributed by atoms with Crippen molar-refractivity contribution in [2.24, 2.45) is 0 Å². The van der Waals surface area contributed by atoms with E-state index < -0.39 is 23.3 Å². The molecule has 0 atom stereocenters. The molecule has 0 bridgehead atoms. The molecule has 0 radical (unpaired) electrons. The molecule has 1 aliphatic rings. The van der Waals surface area contributed by atoms with Crippen LogP contribution in [0.15, 0.2) is 12.1 Å². The van der Waals surface area contributed by atoms with Crippen LogP contribution in [-0.2, 0) is 0 Å². The molecule has 2 N–H and O–H groups in total. The fourth-order valence-corrected chi connectivity index (χ4v) is 1.75. The van der Waals surface area contributed by atoms with Gasteiger partial charge in [0, 0.05) is 12.1 Å². The van der Waals surface area contributed by atoms with Crippen LogP contribution in [-0.4, -0.2) is 28.7 Å². The Morgan fingerprint density at radius 3 is 2.53 bits per heavy atom. The molecule has 2 rings (SSSR count). The highest BCUT2D eigenvalue weighted by atomic mass is 19.4. The molecule has 1 saturated carbocycles. The lowest BCUT2D eigenvalue weighted by Crippen LogP contribution is -2.36. The Morgan fingerprint density at radius 2 is 2.11 bits per heavy atom. The van der Waals surface area contributed by atoms with Crippen molar-refractivity contribution < 1.29 is 18.1 Å². The van der Waals surface area contributed by atoms with Crippen molar-refractivity contribution >= 4 is 17.3 Å². The van der Waals surface area contributed by atoms with E-state index in [0.29, 0.717) is 12.8 Å². The Kier molecular flexibility index (Phi) is 3.21. The van der Waals surface area contributed by atoms with Crippen molar-refractivity contribution in [1.29, 1.82) is 0 Å². The van der Waals surface area contributed by atoms with Crippen LogP contribution < -0.4 is 10.6 Å². The van der Waals surface area contributed by atoms with E-state index in [0.717, 1.165) is 11.0 Å². The predicted molar refractivity (Wildman–Crippen MR) is 61.7 cm³/mol. The van der Waals surface area contributed by atoms with Crippen LogP contribution >= 0.6 is 0 Å². The van der Waals surface area contributed by atoms with Gasteiger partial charge < -0.3 is 10.6 Å². The minimum Gasteiger partial charge on any atom is -0.378 e. The molecule has 1 aliphatic carbocycles. The van der Waals surface area contributed by atoms with E-state index in [-0.39, 0.29) is 17.7 Å². The van der Waals surface area contributed by atoms with E-state index in [2.05, 4.69) is 4.98 Å². The standard InChI is InChI=1S/C10H11F3N4O2/c11-10(12,13)5-16(6-1-2-6)8-4-3-7(17(18)19)9(14)15-8/h3-4,6H,1-2,5H2,(H2,14,15). The number of pyridine rings is 1. The summed E-state index contributed by atoms with van der Waals surface area (Å²) in [4.78, 5) is 14.6. The van der Waals surface area contributed by atoms with Gasteiger partial charge in [0.15, 0.2) is 0 Å². The Morgan fingerprint density at radius 1 is 1.47 bits per heavy atom. The second kappa shape index (κ2) is 4.56. The monoisotopic (exact) mass is 276 g/mol. The van der Waals surface area contributed by atoms with Gasteiger partial charge in [-0.2, -0.15) is 13.2 Å². The summed E-state index contributed by atoms with van der Waals surface area (Å²) < 4.78 is 37.4. The van der Waals surface area contributed by atoms with Gasteiger partial charge in [0.05, 0.1) is 4.92 Å². The van der Waals surface area contributed by atoms with Crippen LogP contribution in [0.3, 0.4) is 0 Å². The summed E-state index contributed by atoms with van der Waals surface area (Å²) in [6.45, 7) is -1.14. The number of nitrogens with zero attached hydrogens (tertiary/aromatic N) is 3. The molecular weight excluding hydrogens is 265 g/mol. The van der Waals surface area contributed by atoms with Crippen LogP contribution in [0.1, 0.15) is 12.8 Å². The largest absolute Gasteiger partial charge is 0.405 e. The molecule has 0 saturated heterocycles. The third kappa shape index (κ3) is 3.24. The zero-order valence-electron chi connectivity index (χ0n) is 9.72. The number of aromatic nitrogens is 1. The summed E-state index contributed by atoms with van der Waals surface area (Å²) in [5, 5.41) is 10.6. The number of alkyl halides is 3. The fraction of sp³-hybridized carbons (Fsp3) is 0.500. The van der Waals surface area contributed by atoms with Crippen molar-refractivity contribution in [1.82, 2.24) is 4.98 Å². The van der Waals surface area contributed by atoms with Crippen LogP contribution in [0.25, 0.3) is 0 Å². The van der Waals surface area contributed by atoms with E-state index in [4.69, 9.17) is 5.73 Å². The lowest BCUT2D eigenvalue weighted by molar-refractivity contribution is -0.384. The number of rotatable bonds is 4. The minimum atomic E-state index is -4.36. The lowest BCUT2D eigenvalue weighted by atomic mass is 10.3. The molecule has 0 amide bonds. The van der Waals surface area contributed by atoms with Gasteiger partial charge in [-0.3, -0.25) is 10.1 Å². The first-order valence-corrected chi connectivity index (χ1v) is 5.52. The number of hydrogen-bond donors (Lipinski definition) is 1. The van der Waals surface area contributed by atoms with Gasteiger partial charge in [0.25, 0.3) is 0 Å². The number of nitrogen functional groups attached to an aromatic ring is 1. The summed E-state index contributed by atoms with van der Waals surface area (Å²) >= 11 is 0. The molecule has 19 heavy (non-hydrogen) atoms. The maximum absolute atomic E-state index is 12.5. The Labute approximate surface area is 106 Å². The van der Waals surface area contributed by atoms with E-state index >= 15 is 0 Å². The summed E-state index contributed by atoms with van der Waals surface area (Å²) in [5.41, 5.74) is 4.97. The smallest absolute Gasteiger partial charge is 0.378 e. The maximum Gasteiger partial charge on any atom is 0.405 e. The third-order valence-electron chi connectivity index (χ3n) is 2.72. The van der Waals surface area contributed by atoms with E-state index in [9.17, 15) is 23.3 Å². The number of halogens is 3. The van der Waals surface area contributed by atoms with Gasteiger partial charge in [-0.15, -0.1) is 0 Å². The second-order valence-corrected chi connectivity index (χ2v) is 4.31. The molecule has 0 unspecified atom stereocenters. The quantitative estimate of drug-likeness (QED) is 0.672. The normalized spacial score (nSPS) is 15.3. The molecule has 9 heteroatoms. The molecule has 0 aromatic carbocycles. The first kappa shape index (κ1) is 13.4. The average Bonchev–Trinajstić information content (AvgIpc) is 3.07. The van der Waals surface area contributed by atoms with Gasteiger partial charge in [0.1, 0.15) is 12.4 Å². The predicted octanol–water partition coefficient (Wildman–Crippen LogP) is 2.10. The van der Waals surface area contributed by atoms with Crippen molar-refractivity contribution in [3.8, 4) is 0 Å². The number of anilines is 2. The van der Waals surface area contributed by atoms with E-state index in [1.54, 1.807) is 0 Å². The molecule has 104 valence electrons. The highest BCUT2D eigenvalue weighted by molar-refractivity contribution is 5.58. The number of nitro groups is 1. The molecule has 1 heterocycles. The number of nitrogens with two attached hydrogens (primary N) is 1. The Balaban J connectivity index is 2.27. The summed E-state index contributed by atoms with van der Waals surface area (Å²) in [5.74, 6) is -0.363. The molecule has 0 spiro atoms. The Hall–Kier alpha value is -2.06. The first-order chi connectivity index (χ1) is 8.78. The van der Waals surface area contributed by atoms with Crippen LogP contribution in [0.5, 0.6) is 0 Å². The highest BCUT2D eigenvalue weighted by Gasteiger charge is 2.39. The zero-order valence-corrected chi connectivity index (χ0v) is 9.72. The Bertz CT molecular complexity index is 502. The molecule has 0 aliphatic heterocycles. The topological polar surface area (TPSA) is 85.3 Å². The van der Waals surface area contributed by atoms with Gasteiger partial charge in [-0.25, -0.2) is 4.98 Å². The second-order valence-electron chi connectivity index (χ2n) is 4.31. The molecule has 1 aromatic rings. The van der Waals surface area contributed by atoms with Gasteiger partial charge in [0.2, 0.25) is 5.82 Å². The maximum atomic E-state index is 12.5. The van der Waals surface area contributed by atoms with Crippen molar-refractivity contribution in [2.75, 3.05) is 17.2 Å². The SMILES string of the molecule is Nc1nc(N(CC(F)(F)F)C2CC2)ccc1[N+](=O)[O-]. The van der Waals surface area contributed by atoms with Crippen LogP contribution in [0.2, 0.25) is 0 Å². The highest BCUT2D eigenvalue weighted by Crippen LogP contribution is 2.34.